The summed E-state index contributed by atoms with van der Waals surface area (Å²) in [5.74, 6) is 1.87. The van der Waals surface area contributed by atoms with Gasteiger partial charge in [-0.3, -0.25) is 9.59 Å². The van der Waals surface area contributed by atoms with Gasteiger partial charge < -0.3 is 10.2 Å². The van der Waals surface area contributed by atoms with Gasteiger partial charge >= 0.3 is 0 Å². The molecule has 1 heterocycles. The number of carbonyl (C=O) groups is 2. The molecule has 1 aliphatic carbocycles. The van der Waals surface area contributed by atoms with Gasteiger partial charge in [0.2, 0.25) is 11.8 Å². The molecule has 3 rings (SSSR count). The molecule has 23 heavy (non-hydrogen) atoms. The third-order valence-corrected chi connectivity index (χ3v) is 5.89. The van der Waals surface area contributed by atoms with E-state index in [2.05, 4.69) is 29.6 Å². The molecule has 3 atom stereocenters. The Bertz CT molecular complexity index is 563. The molecular formula is C18H24N2O2S. The van der Waals surface area contributed by atoms with Crippen LogP contribution in [0.5, 0.6) is 0 Å². The summed E-state index contributed by atoms with van der Waals surface area (Å²) in [5, 5.41) is 3.20. The smallest absolute Gasteiger partial charge is 0.243 e. The summed E-state index contributed by atoms with van der Waals surface area (Å²) in [6.45, 7) is 1.54. The minimum Gasteiger partial charge on any atom is -0.352 e. The lowest BCUT2D eigenvalue weighted by Crippen LogP contribution is -2.50. The number of nitrogens with zero attached hydrogens (tertiary/aromatic N) is 1. The molecule has 1 aromatic carbocycles. The Kier molecular flexibility index (Phi) is 5.26. The standard InChI is InChI=1S/C18H24N2O2S/c1-13(21)20-12-23-11-17(20)18(22)19-16-9-5-8-15(10-16)14-6-3-2-4-7-14/h2-4,6-7,15-17H,5,8-12H2,1H3,(H,19,22)/t15?,16?,17-/m1/s1. The number of benzene rings is 1. The quantitative estimate of drug-likeness (QED) is 0.926. The lowest BCUT2D eigenvalue weighted by atomic mass is 9.81. The van der Waals surface area contributed by atoms with Gasteiger partial charge in [0.25, 0.3) is 0 Å². The Balaban J connectivity index is 1.59. The maximum Gasteiger partial charge on any atom is 0.243 e. The van der Waals surface area contributed by atoms with Crippen LogP contribution >= 0.6 is 11.8 Å². The van der Waals surface area contributed by atoms with Crippen molar-refractivity contribution in [3.8, 4) is 0 Å². The van der Waals surface area contributed by atoms with E-state index in [1.165, 1.54) is 18.9 Å². The maximum atomic E-state index is 12.6. The Morgan fingerprint density at radius 3 is 2.74 bits per heavy atom. The van der Waals surface area contributed by atoms with E-state index in [1.54, 1.807) is 16.7 Å². The van der Waals surface area contributed by atoms with Gasteiger partial charge in [0.1, 0.15) is 6.04 Å². The average molecular weight is 332 g/mol. The van der Waals surface area contributed by atoms with Crippen LogP contribution in [0, 0.1) is 0 Å². The monoisotopic (exact) mass is 332 g/mol. The Morgan fingerprint density at radius 2 is 2.00 bits per heavy atom. The summed E-state index contributed by atoms with van der Waals surface area (Å²) in [6.07, 6.45) is 4.36. The highest BCUT2D eigenvalue weighted by Gasteiger charge is 2.34. The van der Waals surface area contributed by atoms with Crippen LogP contribution < -0.4 is 5.32 Å². The van der Waals surface area contributed by atoms with Crippen molar-refractivity contribution in [3.05, 3.63) is 35.9 Å². The van der Waals surface area contributed by atoms with Gasteiger partial charge in [0.15, 0.2) is 0 Å². The highest BCUT2D eigenvalue weighted by molar-refractivity contribution is 7.99. The molecule has 0 spiro atoms. The second-order valence-corrected chi connectivity index (χ2v) is 7.48. The summed E-state index contributed by atoms with van der Waals surface area (Å²) >= 11 is 1.65. The van der Waals surface area contributed by atoms with E-state index in [9.17, 15) is 9.59 Å². The highest BCUT2D eigenvalue weighted by Crippen LogP contribution is 2.33. The number of amides is 2. The van der Waals surface area contributed by atoms with Crippen LogP contribution in [0.15, 0.2) is 30.3 Å². The fourth-order valence-electron chi connectivity index (χ4n) is 3.62. The Labute approximate surface area is 142 Å². The normalized spacial score (nSPS) is 27.7. The van der Waals surface area contributed by atoms with Gasteiger partial charge in [-0.05, 0) is 30.7 Å². The lowest BCUT2D eigenvalue weighted by molar-refractivity contribution is -0.136. The van der Waals surface area contributed by atoms with Crippen molar-refractivity contribution in [2.75, 3.05) is 11.6 Å². The molecule has 2 amide bonds. The van der Waals surface area contributed by atoms with E-state index in [0.717, 1.165) is 19.3 Å². The topological polar surface area (TPSA) is 49.4 Å². The number of carbonyl (C=O) groups excluding carboxylic acids is 2. The molecule has 2 fully saturated rings. The van der Waals surface area contributed by atoms with Crippen molar-refractivity contribution in [2.24, 2.45) is 0 Å². The van der Waals surface area contributed by atoms with E-state index < -0.39 is 0 Å². The molecule has 0 aromatic heterocycles. The van der Waals surface area contributed by atoms with Crippen LogP contribution in [0.3, 0.4) is 0 Å². The SMILES string of the molecule is CC(=O)N1CSC[C@@H]1C(=O)NC1CCCC(c2ccccc2)C1. The molecule has 0 radical (unpaired) electrons. The summed E-state index contributed by atoms with van der Waals surface area (Å²) < 4.78 is 0. The molecule has 1 aromatic rings. The second kappa shape index (κ2) is 7.39. The number of hydrogen-bond donors (Lipinski definition) is 1. The van der Waals surface area contributed by atoms with Crippen LogP contribution in [0.4, 0.5) is 0 Å². The zero-order valence-corrected chi connectivity index (χ0v) is 14.3. The fraction of sp³-hybridized carbons (Fsp3) is 0.556. The summed E-state index contributed by atoms with van der Waals surface area (Å²) in [5.41, 5.74) is 1.37. The first-order valence-electron chi connectivity index (χ1n) is 8.35. The molecule has 1 aliphatic heterocycles. The molecule has 2 unspecified atom stereocenters. The van der Waals surface area contributed by atoms with E-state index >= 15 is 0 Å². The summed E-state index contributed by atoms with van der Waals surface area (Å²) in [4.78, 5) is 25.9. The maximum absolute atomic E-state index is 12.6. The lowest BCUT2D eigenvalue weighted by Gasteiger charge is -2.31. The predicted octanol–water partition coefficient (Wildman–Crippen LogP) is 2.75. The zero-order valence-electron chi connectivity index (χ0n) is 13.5. The fourth-order valence-corrected chi connectivity index (χ4v) is 4.83. The molecule has 1 saturated heterocycles. The van der Waals surface area contributed by atoms with E-state index in [4.69, 9.17) is 0 Å². The van der Waals surface area contributed by atoms with Gasteiger partial charge in [-0.15, -0.1) is 11.8 Å². The largest absolute Gasteiger partial charge is 0.352 e. The number of rotatable bonds is 3. The number of nitrogens with one attached hydrogen (secondary N) is 1. The number of thioether (sulfide) groups is 1. The van der Waals surface area contributed by atoms with Crippen molar-refractivity contribution in [2.45, 2.75) is 50.6 Å². The molecule has 124 valence electrons. The predicted molar refractivity (Wildman–Crippen MR) is 93.2 cm³/mol. The minimum absolute atomic E-state index is 0.0130. The van der Waals surface area contributed by atoms with Gasteiger partial charge in [-0.2, -0.15) is 0 Å². The van der Waals surface area contributed by atoms with Gasteiger partial charge in [-0.1, -0.05) is 36.8 Å². The molecule has 0 bridgehead atoms. The molecule has 5 heteroatoms. The van der Waals surface area contributed by atoms with Crippen LogP contribution in [-0.2, 0) is 9.59 Å². The second-order valence-electron chi connectivity index (χ2n) is 6.48. The molecule has 2 aliphatic rings. The first-order valence-corrected chi connectivity index (χ1v) is 9.51. The average Bonchev–Trinajstić information content (AvgIpc) is 3.06. The van der Waals surface area contributed by atoms with Crippen LogP contribution in [0.25, 0.3) is 0 Å². The minimum atomic E-state index is -0.297. The van der Waals surface area contributed by atoms with Crippen molar-refractivity contribution in [3.63, 3.8) is 0 Å². The van der Waals surface area contributed by atoms with Gasteiger partial charge in [0.05, 0.1) is 5.88 Å². The number of hydrogen-bond acceptors (Lipinski definition) is 3. The van der Waals surface area contributed by atoms with Crippen molar-refractivity contribution in [1.82, 2.24) is 10.2 Å². The van der Waals surface area contributed by atoms with E-state index in [0.29, 0.717) is 17.5 Å². The first-order chi connectivity index (χ1) is 11.1. The summed E-state index contributed by atoms with van der Waals surface area (Å²) in [6, 6.07) is 10.5. The van der Waals surface area contributed by atoms with Crippen molar-refractivity contribution >= 4 is 23.6 Å². The van der Waals surface area contributed by atoms with Crippen LogP contribution in [0.2, 0.25) is 0 Å². The van der Waals surface area contributed by atoms with E-state index in [1.807, 2.05) is 6.07 Å². The van der Waals surface area contributed by atoms with Gasteiger partial charge in [0, 0.05) is 18.7 Å². The highest BCUT2D eigenvalue weighted by atomic mass is 32.2. The molecule has 1 N–H and O–H groups in total. The molecular weight excluding hydrogens is 308 g/mol. The zero-order chi connectivity index (χ0) is 16.2. The van der Waals surface area contributed by atoms with Crippen molar-refractivity contribution < 1.29 is 9.59 Å². The van der Waals surface area contributed by atoms with Crippen LogP contribution in [-0.4, -0.2) is 40.4 Å². The van der Waals surface area contributed by atoms with Gasteiger partial charge in [-0.25, -0.2) is 0 Å². The van der Waals surface area contributed by atoms with Crippen molar-refractivity contribution in [1.29, 1.82) is 0 Å². The Morgan fingerprint density at radius 1 is 1.22 bits per heavy atom. The molecule has 4 nitrogen and oxygen atoms in total. The third-order valence-electron chi connectivity index (χ3n) is 4.88. The first kappa shape index (κ1) is 16.4. The van der Waals surface area contributed by atoms with Crippen LogP contribution in [0.1, 0.15) is 44.1 Å². The molecule has 1 saturated carbocycles. The Hall–Kier alpha value is -1.49. The third kappa shape index (κ3) is 3.89. The summed E-state index contributed by atoms with van der Waals surface area (Å²) in [7, 11) is 0. The van der Waals surface area contributed by atoms with E-state index in [-0.39, 0.29) is 23.9 Å².